The zero-order valence-electron chi connectivity index (χ0n) is 13.3. The Hall–Kier alpha value is -1.81. The summed E-state index contributed by atoms with van der Waals surface area (Å²) in [6.45, 7) is 5.98. The second-order valence-electron chi connectivity index (χ2n) is 5.50. The molecular weight excluding hydrogens is 419 g/mol. The maximum Gasteiger partial charge on any atom is 0.194 e. The zero-order valence-corrected chi connectivity index (χ0v) is 15.5. The van der Waals surface area contributed by atoms with E-state index in [2.05, 4.69) is 53.9 Å². The largest absolute Gasteiger partial charge is 0.378 e. The monoisotopic (exact) mass is 436 g/mol. The van der Waals surface area contributed by atoms with Crippen LogP contribution in [0.5, 0.6) is 0 Å². The minimum absolute atomic E-state index is 0.716. The van der Waals surface area contributed by atoms with Gasteiger partial charge in [-0.3, -0.25) is 4.98 Å². The minimum Gasteiger partial charge on any atom is -0.378 e. The van der Waals surface area contributed by atoms with Crippen LogP contribution in [0, 0.1) is 3.83 Å². The first-order chi connectivity index (χ1) is 11.8. The average molecular weight is 436 g/mol. The summed E-state index contributed by atoms with van der Waals surface area (Å²) in [5.41, 5.74) is 2.77. The Morgan fingerprint density at radius 3 is 2.58 bits per heavy atom. The lowest BCUT2D eigenvalue weighted by atomic mass is 10.2. The van der Waals surface area contributed by atoms with Crippen LogP contribution in [-0.4, -0.2) is 50.8 Å². The standard InChI is InChI=1S/C16H17IN6O/c1-2-23-13(11-3-5-18-6-4-11)19-12-14(20-16(17)21-15(12)23)22-7-9-24-10-8-22/h3-6H,2,7-10H2,1H3. The van der Waals surface area contributed by atoms with Gasteiger partial charge in [-0.05, 0) is 19.1 Å². The molecule has 3 aromatic heterocycles. The van der Waals surface area contributed by atoms with Crippen molar-refractivity contribution in [3.63, 3.8) is 0 Å². The number of pyridine rings is 1. The van der Waals surface area contributed by atoms with E-state index < -0.39 is 0 Å². The maximum absolute atomic E-state index is 5.46. The first-order valence-corrected chi connectivity index (χ1v) is 9.02. The second kappa shape index (κ2) is 6.60. The molecule has 0 unspecified atom stereocenters. The van der Waals surface area contributed by atoms with E-state index >= 15 is 0 Å². The van der Waals surface area contributed by atoms with Crippen LogP contribution in [0.15, 0.2) is 24.5 Å². The third kappa shape index (κ3) is 2.73. The fraction of sp³-hybridized carbons (Fsp3) is 0.375. The van der Waals surface area contributed by atoms with E-state index in [0.29, 0.717) is 13.2 Å². The van der Waals surface area contributed by atoms with E-state index in [1.54, 1.807) is 12.4 Å². The molecule has 0 spiro atoms. The number of aryl methyl sites for hydroxylation is 1. The average Bonchev–Trinajstić information content (AvgIpc) is 3.01. The van der Waals surface area contributed by atoms with Crippen molar-refractivity contribution in [3.8, 4) is 11.4 Å². The number of halogens is 1. The molecule has 7 nitrogen and oxygen atoms in total. The van der Waals surface area contributed by atoms with Gasteiger partial charge in [-0.1, -0.05) is 0 Å². The number of nitrogens with zero attached hydrogens (tertiary/aromatic N) is 6. The first-order valence-electron chi connectivity index (χ1n) is 7.94. The summed E-state index contributed by atoms with van der Waals surface area (Å²) >= 11 is 2.18. The Morgan fingerprint density at radius 2 is 1.88 bits per heavy atom. The van der Waals surface area contributed by atoms with E-state index in [-0.39, 0.29) is 0 Å². The molecule has 0 N–H and O–H groups in total. The van der Waals surface area contributed by atoms with E-state index in [0.717, 1.165) is 51.8 Å². The van der Waals surface area contributed by atoms with E-state index in [9.17, 15) is 0 Å². The van der Waals surface area contributed by atoms with Crippen molar-refractivity contribution in [2.24, 2.45) is 0 Å². The molecule has 8 heteroatoms. The Morgan fingerprint density at radius 1 is 1.12 bits per heavy atom. The van der Waals surface area contributed by atoms with Gasteiger partial charge in [0.15, 0.2) is 20.8 Å². The Bertz CT molecular complexity index is 860. The van der Waals surface area contributed by atoms with Gasteiger partial charge in [0.25, 0.3) is 0 Å². The highest BCUT2D eigenvalue weighted by Crippen LogP contribution is 2.29. The van der Waals surface area contributed by atoms with Crippen molar-refractivity contribution in [2.75, 3.05) is 31.2 Å². The molecule has 0 aromatic carbocycles. The van der Waals surface area contributed by atoms with E-state index in [1.807, 2.05) is 12.1 Å². The molecule has 1 aliphatic rings. The molecule has 4 rings (SSSR count). The highest BCUT2D eigenvalue weighted by atomic mass is 127. The number of rotatable bonds is 3. The summed E-state index contributed by atoms with van der Waals surface area (Å²) in [7, 11) is 0. The highest BCUT2D eigenvalue weighted by molar-refractivity contribution is 14.1. The molecule has 1 saturated heterocycles. The number of aromatic nitrogens is 5. The van der Waals surface area contributed by atoms with Crippen LogP contribution in [-0.2, 0) is 11.3 Å². The van der Waals surface area contributed by atoms with Gasteiger partial charge in [0.05, 0.1) is 13.2 Å². The lowest BCUT2D eigenvalue weighted by Crippen LogP contribution is -2.37. The van der Waals surface area contributed by atoms with Gasteiger partial charge in [0, 0.05) is 60.2 Å². The van der Waals surface area contributed by atoms with Gasteiger partial charge < -0.3 is 14.2 Å². The number of imidazole rings is 1. The second-order valence-corrected chi connectivity index (χ2v) is 6.47. The van der Waals surface area contributed by atoms with Crippen molar-refractivity contribution in [1.82, 2.24) is 24.5 Å². The quantitative estimate of drug-likeness (QED) is 0.464. The number of morpholine rings is 1. The van der Waals surface area contributed by atoms with Gasteiger partial charge in [0.1, 0.15) is 5.82 Å². The molecule has 0 aliphatic carbocycles. The minimum atomic E-state index is 0.716. The molecule has 4 heterocycles. The molecule has 1 aliphatic heterocycles. The maximum atomic E-state index is 5.46. The van der Waals surface area contributed by atoms with Crippen LogP contribution in [0.4, 0.5) is 5.82 Å². The van der Waals surface area contributed by atoms with Crippen molar-refractivity contribution in [1.29, 1.82) is 0 Å². The van der Waals surface area contributed by atoms with Gasteiger partial charge >= 0.3 is 0 Å². The van der Waals surface area contributed by atoms with Crippen LogP contribution < -0.4 is 4.90 Å². The lowest BCUT2D eigenvalue weighted by molar-refractivity contribution is 0.122. The SMILES string of the molecule is CCn1c(-c2ccncc2)nc2c(N3CCOCC3)nc(I)nc21. The molecule has 0 radical (unpaired) electrons. The summed E-state index contributed by atoms with van der Waals surface area (Å²) < 4.78 is 8.33. The molecule has 24 heavy (non-hydrogen) atoms. The molecule has 0 bridgehead atoms. The van der Waals surface area contributed by atoms with Crippen molar-refractivity contribution >= 4 is 39.6 Å². The van der Waals surface area contributed by atoms with Crippen LogP contribution in [0.3, 0.4) is 0 Å². The molecule has 1 fully saturated rings. The van der Waals surface area contributed by atoms with Crippen LogP contribution in [0.2, 0.25) is 0 Å². The summed E-state index contributed by atoms with van der Waals surface area (Å²) in [5.74, 6) is 1.80. The number of hydrogen-bond acceptors (Lipinski definition) is 6. The number of hydrogen-bond donors (Lipinski definition) is 0. The predicted octanol–water partition coefficient (Wildman–Crippen LogP) is 2.35. The lowest BCUT2D eigenvalue weighted by Gasteiger charge is -2.27. The summed E-state index contributed by atoms with van der Waals surface area (Å²) in [5, 5.41) is 0. The number of ether oxygens (including phenoxy) is 1. The summed E-state index contributed by atoms with van der Waals surface area (Å²) in [6.07, 6.45) is 3.57. The molecule has 124 valence electrons. The van der Waals surface area contributed by atoms with E-state index in [4.69, 9.17) is 9.72 Å². The van der Waals surface area contributed by atoms with Crippen molar-refractivity contribution < 1.29 is 4.74 Å². The Labute approximate surface area is 153 Å². The Balaban J connectivity index is 1.93. The highest BCUT2D eigenvalue weighted by Gasteiger charge is 2.22. The molecule has 0 atom stereocenters. The fourth-order valence-corrected chi connectivity index (χ4v) is 3.43. The zero-order chi connectivity index (χ0) is 16.5. The molecule has 0 amide bonds. The third-order valence-electron chi connectivity index (χ3n) is 4.11. The normalized spacial score (nSPS) is 15.2. The third-order valence-corrected chi connectivity index (χ3v) is 4.60. The molecule has 3 aromatic rings. The topological polar surface area (TPSA) is 69.0 Å². The number of fused-ring (bicyclic) bond motifs is 1. The Kier molecular flexibility index (Phi) is 4.31. The van der Waals surface area contributed by atoms with Gasteiger partial charge in [-0.15, -0.1) is 0 Å². The van der Waals surface area contributed by atoms with Gasteiger partial charge in [-0.2, -0.15) is 0 Å². The van der Waals surface area contributed by atoms with E-state index in [1.165, 1.54) is 0 Å². The van der Waals surface area contributed by atoms with Crippen molar-refractivity contribution in [3.05, 3.63) is 28.4 Å². The summed E-state index contributed by atoms with van der Waals surface area (Å²) in [4.78, 5) is 20.5. The molecular formula is C16H17IN6O. The summed E-state index contributed by atoms with van der Waals surface area (Å²) in [6, 6.07) is 3.94. The molecule has 0 saturated carbocycles. The van der Waals surface area contributed by atoms with Crippen LogP contribution >= 0.6 is 22.6 Å². The fourth-order valence-electron chi connectivity index (χ4n) is 2.98. The van der Waals surface area contributed by atoms with Crippen LogP contribution in [0.1, 0.15) is 6.92 Å². The van der Waals surface area contributed by atoms with Crippen molar-refractivity contribution in [2.45, 2.75) is 13.5 Å². The predicted molar refractivity (Wildman–Crippen MR) is 100.0 cm³/mol. The van der Waals surface area contributed by atoms with Crippen LogP contribution in [0.25, 0.3) is 22.6 Å². The number of anilines is 1. The van der Waals surface area contributed by atoms with Gasteiger partial charge in [-0.25, -0.2) is 15.0 Å². The smallest absolute Gasteiger partial charge is 0.194 e. The first kappa shape index (κ1) is 15.7. The van der Waals surface area contributed by atoms with Gasteiger partial charge in [0.2, 0.25) is 0 Å².